The monoisotopic (exact) mass is 382 g/mol. The van der Waals surface area contributed by atoms with Gasteiger partial charge in [-0.1, -0.05) is 12.1 Å². The molecule has 0 bridgehead atoms. The van der Waals surface area contributed by atoms with Crippen molar-refractivity contribution in [1.82, 2.24) is 10.2 Å². The van der Waals surface area contributed by atoms with Crippen LogP contribution >= 0.6 is 0 Å². The molecule has 0 aliphatic carbocycles. The van der Waals surface area contributed by atoms with Gasteiger partial charge in [-0.25, -0.2) is 0 Å². The Bertz CT molecular complexity index is 738. The molecule has 6 heteroatoms. The lowest BCUT2D eigenvalue weighted by atomic mass is 10.1. The van der Waals surface area contributed by atoms with E-state index in [1.54, 1.807) is 7.11 Å². The normalized spacial score (nSPS) is 14.7. The van der Waals surface area contributed by atoms with E-state index < -0.39 is 0 Å². The fourth-order valence-electron chi connectivity index (χ4n) is 3.25. The Morgan fingerprint density at radius 1 is 1.00 bits per heavy atom. The highest BCUT2D eigenvalue weighted by Crippen LogP contribution is 2.19. The first-order valence-electron chi connectivity index (χ1n) is 9.81. The number of hydrogen-bond donors (Lipinski definition) is 2. The summed E-state index contributed by atoms with van der Waals surface area (Å²) in [5.74, 6) is 0.830. The van der Waals surface area contributed by atoms with Crippen LogP contribution in [-0.2, 0) is 11.2 Å². The van der Waals surface area contributed by atoms with Crippen LogP contribution in [0.15, 0.2) is 48.5 Å². The Morgan fingerprint density at radius 2 is 1.68 bits per heavy atom. The van der Waals surface area contributed by atoms with Crippen molar-refractivity contribution in [2.75, 3.05) is 63.6 Å². The number of hydrogen-bond acceptors (Lipinski definition) is 5. The van der Waals surface area contributed by atoms with Gasteiger partial charge in [-0.05, 0) is 62.0 Å². The summed E-state index contributed by atoms with van der Waals surface area (Å²) in [5, 5.41) is 6.14. The van der Waals surface area contributed by atoms with E-state index in [4.69, 9.17) is 4.74 Å². The van der Waals surface area contributed by atoms with Gasteiger partial charge in [0, 0.05) is 37.6 Å². The summed E-state index contributed by atoms with van der Waals surface area (Å²) in [6, 6.07) is 16.1. The van der Waals surface area contributed by atoms with E-state index in [9.17, 15) is 4.79 Å². The van der Waals surface area contributed by atoms with Gasteiger partial charge in [0.1, 0.15) is 5.75 Å². The van der Waals surface area contributed by atoms with Crippen molar-refractivity contribution >= 4 is 17.3 Å². The number of amides is 1. The van der Waals surface area contributed by atoms with E-state index in [1.807, 2.05) is 36.4 Å². The molecule has 2 aromatic rings. The minimum absolute atomic E-state index is 0.0259. The van der Waals surface area contributed by atoms with Crippen molar-refractivity contribution in [2.24, 2.45) is 0 Å². The maximum absolute atomic E-state index is 12.1. The molecule has 0 radical (unpaired) electrons. The van der Waals surface area contributed by atoms with Crippen LogP contribution in [0.2, 0.25) is 0 Å². The molecular formula is C22H30N4O2. The number of nitrogens with zero attached hydrogens (tertiary/aromatic N) is 2. The van der Waals surface area contributed by atoms with Crippen LogP contribution in [0.4, 0.5) is 11.4 Å². The molecule has 1 aliphatic heterocycles. The van der Waals surface area contributed by atoms with Crippen molar-refractivity contribution < 1.29 is 9.53 Å². The van der Waals surface area contributed by atoms with Crippen LogP contribution in [0.25, 0.3) is 0 Å². The average Bonchev–Trinajstić information content (AvgIpc) is 2.73. The Kier molecular flexibility index (Phi) is 7.28. The van der Waals surface area contributed by atoms with Gasteiger partial charge in [0.15, 0.2) is 0 Å². The van der Waals surface area contributed by atoms with Crippen molar-refractivity contribution in [2.45, 2.75) is 6.42 Å². The third-order valence-electron chi connectivity index (χ3n) is 5.05. The van der Waals surface area contributed by atoms with Crippen LogP contribution in [0.3, 0.4) is 0 Å². The van der Waals surface area contributed by atoms with E-state index in [2.05, 4.69) is 39.6 Å². The van der Waals surface area contributed by atoms with E-state index in [0.717, 1.165) is 50.6 Å². The predicted molar refractivity (Wildman–Crippen MR) is 114 cm³/mol. The molecule has 1 heterocycles. The summed E-state index contributed by atoms with van der Waals surface area (Å²) >= 11 is 0. The highest BCUT2D eigenvalue weighted by atomic mass is 16.5. The van der Waals surface area contributed by atoms with Crippen LogP contribution in [0.1, 0.15) is 5.56 Å². The van der Waals surface area contributed by atoms with Gasteiger partial charge < -0.3 is 25.2 Å². The maximum atomic E-state index is 12.1. The fourth-order valence-corrected chi connectivity index (χ4v) is 3.25. The zero-order valence-corrected chi connectivity index (χ0v) is 16.8. The number of nitrogens with one attached hydrogen (secondary N) is 2. The van der Waals surface area contributed by atoms with Gasteiger partial charge in [-0.3, -0.25) is 4.79 Å². The first-order valence-corrected chi connectivity index (χ1v) is 9.81. The van der Waals surface area contributed by atoms with Crippen LogP contribution in [0, 0.1) is 0 Å². The number of carbonyl (C=O) groups is 1. The second-order valence-electron chi connectivity index (χ2n) is 7.16. The standard InChI is InChI=1S/C22H30N4O2/c1-25-13-15-26(16-14-25)20-7-5-19(6-8-20)24-22(27)17-23-12-11-18-3-9-21(28-2)10-4-18/h3-10,23H,11-17H2,1-2H3,(H,24,27). The quantitative estimate of drug-likeness (QED) is 0.686. The first kappa shape index (κ1) is 20.2. The van der Waals surface area contributed by atoms with Gasteiger partial charge in [0.2, 0.25) is 5.91 Å². The Labute approximate surface area is 167 Å². The molecule has 1 saturated heterocycles. The Hall–Kier alpha value is -2.57. The van der Waals surface area contributed by atoms with Crippen molar-refractivity contribution in [3.8, 4) is 5.75 Å². The van der Waals surface area contributed by atoms with E-state index >= 15 is 0 Å². The molecule has 0 atom stereocenters. The van der Waals surface area contributed by atoms with Crippen LogP contribution in [-0.4, -0.2) is 64.2 Å². The topological polar surface area (TPSA) is 56.8 Å². The zero-order valence-electron chi connectivity index (χ0n) is 16.8. The molecule has 1 fully saturated rings. The number of piperazine rings is 1. The number of benzene rings is 2. The minimum Gasteiger partial charge on any atom is -0.497 e. The summed E-state index contributed by atoms with van der Waals surface area (Å²) in [6.07, 6.45) is 0.872. The summed E-state index contributed by atoms with van der Waals surface area (Å²) in [7, 11) is 3.82. The molecule has 0 spiro atoms. The molecule has 1 aliphatic rings. The average molecular weight is 383 g/mol. The lowest BCUT2D eigenvalue weighted by Crippen LogP contribution is -2.44. The second kappa shape index (κ2) is 10.1. The molecule has 28 heavy (non-hydrogen) atoms. The van der Waals surface area contributed by atoms with Crippen molar-refractivity contribution in [3.63, 3.8) is 0 Å². The number of carbonyl (C=O) groups excluding carboxylic acids is 1. The first-order chi connectivity index (χ1) is 13.6. The molecule has 150 valence electrons. The summed E-state index contributed by atoms with van der Waals surface area (Å²) in [6.45, 7) is 5.31. The molecule has 0 saturated carbocycles. The van der Waals surface area contributed by atoms with Crippen molar-refractivity contribution in [3.05, 3.63) is 54.1 Å². The van der Waals surface area contributed by atoms with E-state index in [1.165, 1.54) is 11.3 Å². The molecule has 6 nitrogen and oxygen atoms in total. The maximum Gasteiger partial charge on any atom is 0.238 e. The number of likely N-dealkylation sites (N-methyl/N-ethyl adjacent to an activating group) is 1. The lowest BCUT2D eigenvalue weighted by Gasteiger charge is -2.34. The lowest BCUT2D eigenvalue weighted by molar-refractivity contribution is -0.115. The zero-order chi connectivity index (χ0) is 19.8. The van der Waals surface area contributed by atoms with E-state index in [0.29, 0.717) is 6.54 Å². The predicted octanol–water partition coefficient (Wildman–Crippen LogP) is 2.22. The highest BCUT2D eigenvalue weighted by molar-refractivity contribution is 5.92. The molecule has 3 rings (SSSR count). The molecule has 1 amide bonds. The van der Waals surface area contributed by atoms with E-state index in [-0.39, 0.29) is 5.91 Å². The Balaban J connectivity index is 1.37. The summed E-state index contributed by atoms with van der Waals surface area (Å²) in [4.78, 5) is 16.8. The third kappa shape index (κ3) is 5.97. The number of methoxy groups -OCH3 is 1. The molecule has 2 aromatic carbocycles. The molecule has 2 N–H and O–H groups in total. The van der Waals surface area contributed by atoms with Crippen LogP contribution < -0.4 is 20.3 Å². The smallest absolute Gasteiger partial charge is 0.238 e. The van der Waals surface area contributed by atoms with Gasteiger partial charge in [-0.15, -0.1) is 0 Å². The number of ether oxygens (including phenoxy) is 1. The van der Waals surface area contributed by atoms with Crippen molar-refractivity contribution in [1.29, 1.82) is 0 Å². The SMILES string of the molecule is COc1ccc(CCNCC(=O)Nc2ccc(N3CCN(C)CC3)cc2)cc1. The number of rotatable bonds is 8. The Morgan fingerprint density at radius 3 is 2.32 bits per heavy atom. The van der Waals surface area contributed by atoms with Gasteiger partial charge in [-0.2, -0.15) is 0 Å². The second-order valence-corrected chi connectivity index (χ2v) is 7.16. The molecule has 0 unspecified atom stereocenters. The van der Waals surface area contributed by atoms with Gasteiger partial charge in [0.25, 0.3) is 0 Å². The fraction of sp³-hybridized carbons (Fsp3) is 0.409. The molecular weight excluding hydrogens is 352 g/mol. The highest BCUT2D eigenvalue weighted by Gasteiger charge is 2.14. The summed E-state index contributed by atoms with van der Waals surface area (Å²) in [5.41, 5.74) is 3.26. The summed E-state index contributed by atoms with van der Waals surface area (Å²) < 4.78 is 5.16. The molecule has 0 aromatic heterocycles. The number of anilines is 2. The van der Waals surface area contributed by atoms with Crippen LogP contribution in [0.5, 0.6) is 5.75 Å². The minimum atomic E-state index is -0.0259. The third-order valence-corrected chi connectivity index (χ3v) is 5.05. The largest absolute Gasteiger partial charge is 0.497 e. The van der Waals surface area contributed by atoms with Gasteiger partial charge >= 0.3 is 0 Å². The van der Waals surface area contributed by atoms with Gasteiger partial charge in [0.05, 0.1) is 13.7 Å².